The van der Waals surface area contributed by atoms with Gasteiger partial charge in [0.05, 0.1) is 6.61 Å². The van der Waals surface area contributed by atoms with E-state index >= 15 is 0 Å². The van der Waals surface area contributed by atoms with Gasteiger partial charge in [0.2, 0.25) is 5.91 Å². The van der Waals surface area contributed by atoms with Crippen LogP contribution in [0.1, 0.15) is 24.3 Å². The summed E-state index contributed by atoms with van der Waals surface area (Å²) in [4.78, 5) is 14.7. The Morgan fingerprint density at radius 2 is 1.70 bits per heavy atom. The molecule has 2 atom stereocenters. The largest absolute Gasteiger partial charge is 0.493 e. The van der Waals surface area contributed by atoms with Crippen molar-refractivity contribution in [1.29, 1.82) is 0 Å². The fraction of sp³-hybridized carbons (Fsp3) is 0.320. The molecule has 1 heterocycles. The lowest BCUT2D eigenvalue weighted by molar-refractivity contribution is -0.130. The molecule has 1 aliphatic heterocycles. The van der Waals surface area contributed by atoms with Crippen molar-refractivity contribution in [2.24, 2.45) is 11.7 Å². The molecule has 0 aromatic heterocycles. The summed E-state index contributed by atoms with van der Waals surface area (Å²) >= 11 is 0. The molecule has 30 heavy (non-hydrogen) atoms. The number of carbonyl (C=O) groups excluding carboxylic acids is 1. The zero-order valence-corrected chi connectivity index (χ0v) is 17.9. The summed E-state index contributed by atoms with van der Waals surface area (Å²) in [6.45, 7) is 2.65. The van der Waals surface area contributed by atoms with E-state index in [4.69, 9.17) is 10.5 Å². The van der Waals surface area contributed by atoms with Gasteiger partial charge >= 0.3 is 0 Å². The number of halogens is 1. The lowest BCUT2D eigenvalue weighted by Crippen LogP contribution is -2.29. The molecule has 1 amide bonds. The first-order valence-corrected chi connectivity index (χ1v) is 10.4. The highest BCUT2D eigenvalue weighted by molar-refractivity contribution is 5.88. The quantitative estimate of drug-likeness (QED) is 0.563. The maximum Gasteiger partial charge on any atom is 0.222 e. The van der Waals surface area contributed by atoms with Gasteiger partial charge in [0.15, 0.2) is 0 Å². The van der Waals surface area contributed by atoms with Crippen molar-refractivity contribution in [3.8, 4) is 5.75 Å². The molecular weight excluding hydrogens is 396 g/mol. The number of carbonyl (C=O) groups is 1. The van der Waals surface area contributed by atoms with E-state index in [9.17, 15) is 4.79 Å². The Morgan fingerprint density at radius 1 is 0.967 bits per heavy atom. The van der Waals surface area contributed by atoms with Crippen molar-refractivity contribution in [3.63, 3.8) is 0 Å². The van der Waals surface area contributed by atoms with E-state index in [-0.39, 0.29) is 18.3 Å². The Labute approximate surface area is 184 Å². The lowest BCUT2D eigenvalue weighted by Gasteiger charge is -2.17. The molecule has 5 heteroatoms. The number of ether oxygens (including phenoxy) is 1. The molecule has 158 valence electrons. The molecule has 1 fully saturated rings. The molecule has 0 radical (unpaired) electrons. The second kappa shape index (κ2) is 10.5. The Kier molecular flexibility index (Phi) is 7.72. The molecule has 0 bridgehead atoms. The van der Waals surface area contributed by atoms with Crippen LogP contribution in [0.5, 0.6) is 5.75 Å². The van der Waals surface area contributed by atoms with Crippen LogP contribution in [-0.2, 0) is 4.79 Å². The van der Waals surface area contributed by atoms with Gasteiger partial charge in [0.1, 0.15) is 5.75 Å². The first-order chi connectivity index (χ1) is 14.3. The van der Waals surface area contributed by atoms with Gasteiger partial charge in [-0.25, -0.2) is 0 Å². The van der Waals surface area contributed by atoms with Crippen LogP contribution >= 0.6 is 12.4 Å². The van der Waals surface area contributed by atoms with Gasteiger partial charge in [0, 0.05) is 30.8 Å². The summed E-state index contributed by atoms with van der Waals surface area (Å²) < 4.78 is 5.97. The molecule has 0 aliphatic carbocycles. The molecule has 4 rings (SSSR count). The van der Waals surface area contributed by atoms with Crippen LogP contribution in [0.4, 0.5) is 0 Å². The molecule has 1 aliphatic rings. The summed E-state index contributed by atoms with van der Waals surface area (Å²) in [5.41, 5.74) is 7.27. The van der Waals surface area contributed by atoms with Gasteiger partial charge in [-0.3, -0.25) is 4.79 Å². The summed E-state index contributed by atoms with van der Waals surface area (Å²) in [7, 11) is 0. The Balaban J connectivity index is 0.00000256. The van der Waals surface area contributed by atoms with Crippen LogP contribution in [0.2, 0.25) is 0 Å². The van der Waals surface area contributed by atoms with Crippen molar-refractivity contribution in [3.05, 3.63) is 78.4 Å². The average Bonchev–Trinajstić information content (AvgIpc) is 3.22. The van der Waals surface area contributed by atoms with Crippen molar-refractivity contribution >= 4 is 29.1 Å². The molecule has 0 saturated carbocycles. The number of fused-ring (bicyclic) bond motifs is 1. The number of rotatable bonds is 7. The van der Waals surface area contributed by atoms with Crippen LogP contribution in [0, 0.1) is 5.92 Å². The third-order valence-corrected chi connectivity index (χ3v) is 5.87. The topological polar surface area (TPSA) is 55.6 Å². The number of amides is 1. The maximum atomic E-state index is 12.7. The summed E-state index contributed by atoms with van der Waals surface area (Å²) in [5.74, 6) is 1.73. The smallest absolute Gasteiger partial charge is 0.222 e. The highest BCUT2D eigenvalue weighted by atomic mass is 35.5. The second-order valence-electron chi connectivity index (χ2n) is 7.74. The van der Waals surface area contributed by atoms with Crippen LogP contribution in [-0.4, -0.2) is 37.0 Å². The number of hydrogen-bond donors (Lipinski definition) is 1. The van der Waals surface area contributed by atoms with Gasteiger partial charge in [-0.05, 0) is 35.9 Å². The van der Waals surface area contributed by atoms with E-state index < -0.39 is 0 Å². The predicted octanol–water partition coefficient (Wildman–Crippen LogP) is 4.62. The predicted molar refractivity (Wildman–Crippen MR) is 124 cm³/mol. The fourth-order valence-electron chi connectivity index (χ4n) is 4.28. The minimum atomic E-state index is 0. The summed E-state index contributed by atoms with van der Waals surface area (Å²) in [6, 6.07) is 24.7. The third-order valence-electron chi connectivity index (χ3n) is 5.87. The molecule has 3 aromatic carbocycles. The Bertz CT molecular complexity index is 958. The monoisotopic (exact) mass is 424 g/mol. The third kappa shape index (κ3) is 4.94. The molecule has 2 N–H and O–H groups in total. The first kappa shape index (κ1) is 22.1. The van der Waals surface area contributed by atoms with Crippen LogP contribution in [0.25, 0.3) is 10.8 Å². The minimum absolute atomic E-state index is 0. The van der Waals surface area contributed by atoms with Gasteiger partial charge in [-0.15, -0.1) is 12.4 Å². The van der Waals surface area contributed by atoms with Crippen molar-refractivity contribution in [1.82, 2.24) is 4.90 Å². The standard InChI is InChI=1S/C25H28N2O2.ClH/c26-16-21-17-27(18-23(21)20-8-2-1-3-9-20)25(28)14-7-15-29-24-13-6-11-19-10-4-5-12-22(19)24;/h1-6,8-13,21,23H,7,14-18,26H2;1H/t21-,23+;/m1./s1. The Morgan fingerprint density at radius 3 is 2.50 bits per heavy atom. The second-order valence-corrected chi connectivity index (χ2v) is 7.74. The zero-order valence-electron chi connectivity index (χ0n) is 17.1. The highest BCUT2D eigenvalue weighted by Crippen LogP contribution is 2.32. The summed E-state index contributed by atoms with van der Waals surface area (Å²) in [5, 5.41) is 2.27. The lowest BCUT2D eigenvalue weighted by atomic mass is 9.89. The number of nitrogens with two attached hydrogens (primary N) is 1. The van der Waals surface area contributed by atoms with Crippen molar-refractivity contribution < 1.29 is 9.53 Å². The van der Waals surface area contributed by atoms with Gasteiger partial charge in [0.25, 0.3) is 0 Å². The molecule has 1 saturated heterocycles. The van der Waals surface area contributed by atoms with Crippen LogP contribution in [0.3, 0.4) is 0 Å². The van der Waals surface area contributed by atoms with E-state index in [0.717, 1.165) is 29.6 Å². The van der Waals surface area contributed by atoms with Gasteiger partial charge in [-0.1, -0.05) is 66.7 Å². The van der Waals surface area contributed by atoms with Crippen molar-refractivity contribution in [2.45, 2.75) is 18.8 Å². The molecule has 0 spiro atoms. The van der Waals surface area contributed by atoms with Gasteiger partial charge in [-0.2, -0.15) is 0 Å². The highest BCUT2D eigenvalue weighted by Gasteiger charge is 2.34. The fourth-order valence-corrected chi connectivity index (χ4v) is 4.28. The van der Waals surface area contributed by atoms with Crippen LogP contribution in [0.15, 0.2) is 72.8 Å². The van der Waals surface area contributed by atoms with E-state index in [1.807, 2.05) is 35.2 Å². The normalized spacial score (nSPS) is 18.2. The SMILES string of the molecule is Cl.NC[C@@H]1CN(C(=O)CCCOc2cccc3ccccc23)C[C@H]1c1ccccc1. The maximum absolute atomic E-state index is 12.7. The van der Waals surface area contributed by atoms with Gasteiger partial charge < -0.3 is 15.4 Å². The number of benzene rings is 3. The van der Waals surface area contributed by atoms with E-state index in [1.165, 1.54) is 5.56 Å². The average molecular weight is 425 g/mol. The molecule has 0 unspecified atom stereocenters. The number of likely N-dealkylation sites (tertiary alicyclic amines) is 1. The first-order valence-electron chi connectivity index (χ1n) is 10.4. The minimum Gasteiger partial charge on any atom is -0.493 e. The molecule has 4 nitrogen and oxygen atoms in total. The van der Waals surface area contributed by atoms with E-state index in [2.05, 4.69) is 42.5 Å². The van der Waals surface area contributed by atoms with E-state index in [0.29, 0.717) is 37.8 Å². The number of hydrogen-bond acceptors (Lipinski definition) is 3. The Hall–Kier alpha value is -2.56. The zero-order chi connectivity index (χ0) is 20.1. The molecular formula is C25H29ClN2O2. The molecule has 3 aromatic rings. The number of nitrogens with zero attached hydrogens (tertiary/aromatic N) is 1. The van der Waals surface area contributed by atoms with E-state index in [1.54, 1.807) is 0 Å². The summed E-state index contributed by atoms with van der Waals surface area (Å²) in [6.07, 6.45) is 1.21. The van der Waals surface area contributed by atoms with Crippen molar-refractivity contribution in [2.75, 3.05) is 26.2 Å². The van der Waals surface area contributed by atoms with Crippen LogP contribution < -0.4 is 10.5 Å².